The zero-order valence-corrected chi connectivity index (χ0v) is 17.0. The van der Waals surface area contributed by atoms with Gasteiger partial charge in [-0.2, -0.15) is 0 Å². The third-order valence-corrected chi connectivity index (χ3v) is 6.72. The van der Waals surface area contributed by atoms with Crippen molar-refractivity contribution in [1.82, 2.24) is 15.2 Å². The average molecular weight is 398 g/mol. The number of allylic oxidation sites excluding steroid dienone is 2. The molecule has 0 aromatic carbocycles. The Morgan fingerprint density at radius 1 is 1.17 bits per heavy atom. The number of carbonyl (C=O) groups is 2. The molecular weight excluding hydrogens is 366 g/mol. The summed E-state index contributed by atoms with van der Waals surface area (Å²) in [6.07, 6.45) is 14.2. The number of piperidine rings is 1. The fourth-order valence-corrected chi connectivity index (χ4v) is 4.93. The highest BCUT2D eigenvalue weighted by Crippen LogP contribution is 2.39. The van der Waals surface area contributed by atoms with E-state index in [9.17, 15) is 9.59 Å². The van der Waals surface area contributed by atoms with Crippen LogP contribution in [0, 0.1) is 11.8 Å². The molecular formula is C23H31N3O3. The molecule has 0 radical (unpaired) electrons. The van der Waals surface area contributed by atoms with Gasteiger partial charge in [-0.25, -0.2) is 0 Å². The monoisotopic (exact) mass is 397 g/mol. The lowest BCUT2D eigenvalue weighted by atomic mass is 9.78. The molecule has 1 aromatic heterocycles. The molecule has 0 bridgehead atoms. The van der Waals surface area contributed by atoms with E-state index in [4.69, 9.17) is 4.74 Å². The second kappa shape index (κ2) is 9.08. The number of ether oxygens (including phenoxy) is 1. The van der Waals surface area contributed by atoms with Crippen LogP contribution < -0.4 is 5.32 Å². The summed E-state index contributed by atoms with van der Waals surface area (Å²) >= 11 is 0. The topological polar surface area (TPSA) is 71.5 Å². The van der Waals surface area contributed by atoms with E-state index in [0.717, 1.165) is 64.6 Å². The fourth-order valence-electron chi connectivity index (χ4n) is 4.93. The lowest BCUT2D eigenvalue weighted by Crippen LogP contribution is -2.51. The minimum Gasteiger partial charge on any atom is -0.375 e. The molecule has 2 saturated heterocycles. The zero-order valence-electron chi connectivity index (χ0n) is 17.0. The Hall–Kier alpha value is -2.21. The summed E-state index contributed by atoms with van der Waals surface area (Å²) in [5.74, 6) is 0.995. The fraction of sp³-hybridized carbons (Fsp3) is 0.609. The molecule has 1 unspecified atom stereocenters. The third-order valence-electron chi connectivity index (χ3n) is 6.72. The summed E-state index contributed by atoms with van der Waals surface area (Å²) in [5.41, 5.74) is 0.570. The Bertz CT molecular complexity index is 733. The van der Waals surface area contributed by atoms with E-state index in [-0.39, 0.29) is 17.4 Å². The van der Waals surface area contributed by atoms with Crippen LogP contribution in [0.1, 0.15) is 55.3 Å². The zero-order chi connectivity index (χ0) is 20.1. The first-order valence-electron chi connectivity index (χ1n) is 10.9. The summed E-state index contributed by atoms with van der Waals surface area (Å²) in [6.45, 7) is 3.08. The largest absolute Gasteiger partial charge is 0.375 e. The van der Waals surface area contributed by atoms with E-state index in [1.807, 2.05) is 4.90 Å². The first-order chi connectivity index (χ1) is 14.2. The van der Waals surface area contributed by atoms with E-state index in [1.165, 1.54) is 0 Å². The molecule has 1 N–H and O–H groups in total. The van der Waals surface area contributed by atoms with Crippen LogP contribution in [-0.2, 0) is 9.53 Å². The average Bonchev–Trinajstić information content (AvgIpc) is 3.29. The number of nitrogens with zero attached hydrogens (tertiary/aromatic N) is 2. The molecule has 2 fully saturated rings. The second-order valence-electron chi connectivity index (χ2n) is 8.64. The van der Waals surface area contributed by atoms with Gasteiger partial charge in [-0.15, -0.1) is 0 Å². The number of hydrogen-bond donors (Lipinski definition) is 1. The van der Waals surface area contributed by atoms with Crippen molar-refractivity contribution >= 4 is 11.8 Å². The molecule has 1 aromatic rings. The number of amides is 2. The van der Waals surface area contributed by atoms with Crippen molar-refractivity contribution in [2.75, 3.05) is 26.2 Å². The van der Waals surface area contributed by atoms with Crippen molar-refractivity contribution in [2.45, 2.75) is 50.5 Å². The highest BCUT2D eigenvalue weighted by molar-refractivity contribution is 5.93. The van der Waals surface area contributed by atoms with Crippen LogP contribution in [0.25, 0.3) is 0 Å². The van der Waals surface area contributed by atoms with Crippen molar-refractivity contribution < 1.29 is 14.3 Å². The summed E-state index contributed by atoms with van der Waals surface area (Å²) in [7, 11) is 0. The molecule has 0 saturated carbocycles. The van der Waals surface area contributed by atoms with E-state index in [1.54, 1.807) is 24.5 Å². The molecule has 1 aliphatic carbocycles. The highest BCUT2D eigenvalue weighted by atomic mass is 16.5. The van der Waals surface area contributed by atoms with Gasteiger partial charge in [0.15, 0.2) is 0 Å². The number of carbonyl (C=O) groups excluding carboxylic acids is 2. The van der Waals surface area contributed by atoms with Crippen molar-refractivity contribution in [3.63, 3.8) is 0 Å². The van der Waals surface area contributed by atoms with E-state index in [0.29, 0.717) is 23.9 Å². The minimum atomic E-state index is -0.0806. The SMILES string of the molecule is O=C(NCCC1CCOC2(CCN(C(=O)C3CC=CC3)CC2)C1)c1ccncc1. The normalized spacial score (nSPS) is 24.0. The second-order valence-corrected chi connectivity index (χ2v) is 8.64. The summed E-state index contributed by atoms with van der Waals surface area (Å²) < 4.78 is 6.24. The number of rotatable bonds is 5. The van der Waals surface area contributed by atoms with Gasteiger partial charge >= 0.3 is 0 Å². The van der Waals surface area contributed by atoms with Crippen molar-refractivity contribution in [3.05, 3.63) is 42.2 Å². The molecule has 156 valence electrons. The van der Waals surface area contributed by atoms with Gasteiger partial charge in [0.05, 0.1) is 5.60 Å². The number of likely N-dealkylation sites (tertiary alicyclic amines) is 1. The molecule has 2 amide bonds. The van der Waals surface area contributed by atoms with Crippen LogP contribution in [0.15, 0.2) is 36.7 Å². The van der Waals surface area contributed by atoms with E-state index >= 15 is 0 Å². The van der Waals surface area contributed by atoms with Gasteiger partial charge in [0.25, 0.3) is 5.91 Å². The first kappa shape index (κ1) is 20.1. The Morgan fingerprint density at radius 3 is 2.62 bits per heavy atom. The van der Waals surface area contributed by atoms with Gasteiger partial charge in [-0.3, -0.25) is 14.6 Å². The van der Waals surface area contributed by atoms with Crippen LogP contribution in [0.2, 0.25) is 0 Å². The van der Waals surface area contributed by atoms with E-state index in [2.05, 4.69) is 22.5 Å². The van der Waals surface area contributed by atoms with Crippen molar-refractivity contribution in [3.8, 4) is 0 Å². The number of hydrogen-bond acceptors (Lipinski definition) is 4. The Morgan fingerprint density at radius 2 is 1.90 bits per heavy atom. The lowest BCUT2D eigenvalue weighted by molar-refractivity contribution is -0.150. The summed E-state index contributed by atoms with van der Waals surface area (Å²) in [5, 5.41) is 3.02. The first-order valence-corrected chi connectivity index (χ1v) is 10.9. The molecule has 6 heteroatoms. The van der Waals surface area contributed by atoms with Gasteiger partial charge in [-0.1, -0.05) is 12.2 Å². The highest BCUT2D eigenvalue weighted by Gasteiger charge is 2.41. The molecule has 3 aliphatic rings. The molecule has 1 spiro atoms. The Balaban J connectivity index is 1.22. The Labute approximate surface area is 172 Å². The molecule has 2 aliphatic heterocycles. The van der Waals surface area contributed by atoms with Crippen molar-refractivity contribution in [2.24, 2.45) is 11.8 Å². The predicted octanol–water partition coefficient (Wildman–Crippen LogP) is 2.96. The quantitative estimate of drug-likeness (QED) is 0.776. The van der Waals surface area contributed by atoms with Crippen LogP contribution in [-0.4, -0.2) is 53.5 Å². The Kier molecular flexibility index (Phi) is 6.28. The van der Waals surface area contributed by atoms with Gasteiger partial charge in [-0.05, 0) is 63.0 Å². The smallest absolute Gasteiger partial charge is 0.251 e. The maximum absolute atomic E-state index is 12.7. The number of nitrogens with one attached hydrogen (secondary N) is 1. The molecule has 4 rings (SSSR count). The molecule has 1 atom stereocenters. The van der Waals surface area contributed by atoms with Crippen LogP contribution in [0.5, 0.6) is 0 Å². The van der Waals surface area contributed by atoms with Crippen molar-refractivity contribution in [1.29, 1.82) is 0 Å². The third kappa shape index (κ3) is 4.86. The number of pyridine rings is 1. The molecule has 29 heavy (non-hydrogen) atoms. The maximum Gasteiger partial charge on any atom is 0.251 e. The minimum absolute atomic E-state index is 0.0394. The molecule has 3 heterocycles. The van der Waals surface area contributed by atoms with Gasteiger partial charge in [0.1, 0.15) is 0 Å². The predicted molar refractivity (Wildman–Crippen MR) is 110 cm³/mol. The van der Waals surface area contributed by atoms with Crippen LogP contribution in [0.4, 0.5) is 0 Å². The summed E-state index contributed by atoms with van der Waals surface area (Å²) in [4.78, 5) is 30.8. The molecule has 6 nitrogen and oxygen atoms in total. The van der Waals surface area contributed by atoms with Gasteiger partial charge in [0, 0.05) is 50.1 Å². The van der Waals surface area contributed by atoms with E-state index < -0.39 is 0 Å². The van der Waals surface area contributed by atoms with Gasteiger partial charge in [0.2, 0.25) is 5.91 Å². The maximum atomic E-state index is 12.7. The standard InChI is InChI=1S/C23H31N3O3/c27-21(19-6-11-24-12-7-19)25-13-5-18-8-16-29-23(17-18)9-14-26(15-10-23)22(28)20-3-1-2-4-20/h1-2,6-7,11-12,18,20H,3-5,8-10,13-17H2,(H,25,27). The van der Waals surface area contributed by atoms with Crippen LogP contribution >= 0.6 is 0 Å². The number of aromatic nitrogens is 1. The summed E-state index contributed by atoms with van der Waals surface area (Å²) in [6, 6.07) is 3.46. The lowest BCUT2D eigenvalue weighted by Gasteiger charge is -2.46. The van der Waals surface area contributed by atoms with Gasteiger partial charge < -0.3 is 15.0 Å². The van der Waals surface area contributed by atoms with Crippen LogP contribution in [0.3, 0.4) is 0 Å².